The smallest absolute Gasteiger partial charge is 0.267 e. The van der Waals surface area contributed by atoms with Gasteiger partial charge in [0.1, 0.15) is 6.04 Å². The van der Waals surface area contributed by atoms with Gasteiger partial charge in [-0.25, -0.2) is 14.6 Å². The number of aromatic nitrogens is 4. The van der Waals surface area contributed by atoms with Gasteiger partial charge in [-0.1, -0.05) is 0 Å². The Bertz CT molecular complexity index is 795. The van der Waals surface area contributed by atoms with Crippen molar-refractivity contribution in [1.82, 2.24) is 19.7 Å². The maximum atomic E-state index is 12.3. The molecule has 4 rings (SSSR count). The average molecular weight is 327 g/mol. The Morgan fingerprint density at radius 2 is 1.92 bits per heavy atom. The Labute approximate surface area is 140 Å². The van der Waals surface area contributed by atoms with E-state index in [1.54, 1.807) is 10.7 Å². The van der Waals surface area contributed by atoms with Crippen LogP contribution in [0.2, 0.25) is 0 Å². The molecule has 0 bridgehead atoms. The summed E-state index contributed by atoms with van der Waals surface area (Å²) in [6.45, 7) is 4.84. The molecule has 0 aromatic carbocycles. The van der Waals surface area contributed by atoms with E-state index in [4.69, 9.17) is 4.74 Å². The highest BCUT2D eigenvalue weighted by Gasteiger charge is 2.33. The molecule has 24 heavy (non-hydrogen) atoms. The summed E-state index contributed by atoms with van der Waals surface area (Å²) in [6.07, 6.45) is 2.31. The van der Waals surface area contributed by atoms with E-state index in [1.165, 1.54) is 0 Å². The summed E-state index contributed by atoms with van der Waals surface area (Å²) < 4.78 is 7.18. The van der Waals surface area contributed by atoms with Gasteiger partial charge in [0.15, 0.2) is 0 Å². The van der Waals surface area contributed by atoms with Crippen molar-refractivity contribution < 1.29 is 4.74 Å². The van der Waals surface area contributed by atoms with Crippen molar-refractivity contribution in [3.63, 3.8) is 0 Å². The molecule has 7 heteroatoms. The molecule has 1 N–H and O–H groups in total. The first-order chi connectivity index (χ1) is 11.6. The predicted molar refractivity (Wildman–Crippen MR) is 89.2 cm³/mol. The van der Waals surface area contributed by atoms with Crippen LogP contribution in [0.4, 0.5) is 5.95 Å². The first-order valence-corrected chi connectivity index (χ1v) is 8.36. The second-order valence-electron chi connectivity index (χ2n) is 6.65. The van der Waals surface area contributed by atoms with E-state index in [2.05, 4.69) is 20.4 Å². The van der Waals surface area contributed by atoms with Crippen LogP contribution in [0.5, 0.6) is 0 Å². The van der Waals surface area contributed by atoms with Crippen LogP contribution >= 0.6 is 0 Å². The Morgan fingerprint density at radius 3 is 2.62 bits per heavy atom. The van der Waals surface area contributed by atoms with E-state index in [0.29, 0.717) is 25.1 Å². The largest absolute Gasteiger partial charge is 0.377 e. The highest BCUT2D eigenvalue weighted by Crippen LogP contribution is 2.38. The van der Waals surface area contributed by atoms with Crippen LogP contribution in [0.25, 0.3) is 0 Å². The summed E-state index contributed by atoms with van der Waals surface area (Å²) >= 11 is 0. The van der Waals surface area contributed by atoms with Crippen LogP contribution in [0.15, 0.2) is 23.0 Å². The van der Waals surface area contributed by atoms with Crippen LogP contribution in [0, 0.1) is 13.8 Å². The first-order valence-electron chi connectivity index (χ1n) is 8.36. The standard InChI is InChI=1S/C17H21N5O2/c1-10-7-11(2)19-17(18-10)20-14-8-24-9-15(14)22-16(23)6-5-13(21-22)12-3-4-12/h5-7,12,14-15H,3-4,8-9H2,1-2H3,(H,18,19,20). The maximum Gasteiger partial charge on any atom is 0.267 e. The van der Waals surface area contributed by atoms with Crippen LogP contribution in [-0.2, 0) is 4.74 Å². The molecule has 1 aliphatic heterocycles. The average Bonchev–Trinajstić information content (AvgIpc) is 3.27. The summed E-state index contributed by atoms with van der Waals surface area (Å²) in [5.41, 5.74) is 2.73. The normalized spacial score (nSPS) is 23.4. The third-order valence-corrected chi connectivity index (χ3v) is 4.50. The molecule has 7 nitrogen and oxygen atoms in total. The first kappa shape index (κ1) is 15.3. The quantitative estimate of drug-likeness (QED) is 0.918. The van der Waals surface area contributed by atoms with Crippen molar-refractivity contribution in [2.75, 3.05) is 18.5 Å². The van der Waals surface area contributed by atoms with Crippen molar-refractivity contribution in [2.45, 2.75) is 44.7 Å². The topological polar surface area (TPSA) is 81.9 Å². The molecule has 0 amide bonds. The highest BCUT2D eigenvalue weighted by atomic mass is 16.5. The third-order valence-electron chi connectivity index (χ3n) is 4.50. The number of hydrogen-bond acceptors (Lipinski definition) is 6. The molecular formula is C17H21N5O2. The molecule has 2 atom stereocenters. The summed E-state index contributed by atoms with van der Waals surface area (Å²) in [5, 5.41) is 7.90. The molecule has 2 aliphatic rings. The molecule has 2 fully saturated rings. The van der Waals surface area contributed by atoms with E-state index >= 15 is 0 Å². The SMILES string of the molecule is Cc1cc(C)nc(NC2COCC2n2nc(C3CC3)ccc2=O)n1. The second kappa shape index (κ2) is 5.98. The maximum absolute atomic E-state index is 12.3. The lowest BCUT2D eigenvalue weighted by Crippen LogP contribution is -2.37. The lowest BCUT2D eigenvalue weighted by Gasteiger charge is -2.21. The zero-order chi connectivity index (χ0) is 16.7. The molecule has 2 aromatic rings. The monoisotopic (exact) mass is 327 g/mol. The van der Waals surface area contributed by atoms with Crippen molar-refractivity contribution in [3.05, 3.63) is 45.6 Å². The minimum atomic E-state index is -0.152. The zero-order valence-corrected chi connectivity index (χ0v) is 13.9. The molecule has 0 radical (unpaired) electrons. The van der Waals surface area contributed by atoms with E-state index in [0.717, 1.165) is 29.9 Å². The lowest BCUT2D eigenvalue weighted by molar-refractivity contribution is 0.182. The van der Waals surface area contributed by atoms with Crippen LogP contribution in [0.3, 0.4) is 0 Å². The number of hydrogen-bond donors (Lipinski definition) is 1. The Hall–Kier alpha value is -2.28. The fraction of sp³-hybridized carbons (Fsp3) is 0.529. The predicted octanol–water partition coefficient (Wildman–Crippen LogP) is 1.58. The number of rotatable bonds is 4. The fourth-order valence-electron chi connectivity index (χ4n) is 3.15. The summed E-state index contributed by atoms with van der Waals surface area (Å²) in [5.74, 6) is 1.08. The van der Waals surface area contributed by atoms with Gasteiger partial charge in [0.05, 0.1) is 24.9 Å². The minimum Gasteiger partial charge on any atom is -0.377 e. The zero-order valence-electron chi connectivity index (χ0n) is 13.9. The Kier molecular flexibility index (Phi) is 3.80. The number of nitrogens with zero attached hydrogens (tertiary/aromatic N) is 4. The van der Waals surface area contributed by atoms with Crippen molar-refractivity contribution in [2.24, 2.45) is 0 Å². The number of anilines is 1. The van der Waals surface area contributed by atoms with Gasteiger partial charge < -0.3 is 10.1 Å². The number of aryl methyl sites for hydroxylation is 2. The molecule has 0 spiro atoms. The van der Waals surface area contributed by atoms with Gasteiger partial charge >= 0.3 is 0 Å². The van der Waals surface area contributed by atoms with Gasteiger partial charge in [-0.3, -0.25) is 4.79 Å². The summed E-state index contributed by atoms with van der Waals surface area (Å²) in [7, 11) is 0. The Morgan fingerprint density at radius 1 is 1.17 bits per heavy atom. The van der Waals surface area contributed by atoms with Crippen LogP contribution < -0.4 is 10.9 Å². The van der Waals surface area contributed by atoms with Gasteiger partial charge in [0.25, 0.3) is 5.56 Å². The minimum absolute atomic E-state index is 0.0779. The third kappa shape index (κ3) is 3.03. The van der Waals surface area contributed by atoms with E-state index in [1.807, 2.05) is 26.0 Å². The van der Waals surface area contributed by atoms with Gasteiger partial charge in [-0.2, -0.15) is 5.10 Å². The van der Waals surface area contributed by atoms with E-state index < -0.39 is 0 Å². The molecule has 126 valence electrons. The van der Waals surface area contributed by atoms with Gasteiger partial charge in [0.2, 0.25) is 5.95 Å². The highest BCUT2D eigenvalue weighted by molar-refractivity contribution is 5.30. The van der Waals surface area contributed by atoms with Crippen LogP contribution in [-0.4, -0.2) is 39.0 Å². The summed E-state index contributed by atoms with van der Waals surface area (Å²) in [4.78, 5) is 21.1. The molecular weight excluding hydrogens is 306 g/mol. The molecule has 2 unspecified atom stereocenters. The molecule has 2 aromatic heterocycles. The molecule has 1 saturated heterocycles. The molecule has 1 aliphatic carbocycles. The van der Waals surface area contributed by atoms with Gasteiger partial charge in [-0.05, 0) is 38.8 Å². The Balaban J connectivity index is 1.60. The van der Waals surface area contributed by atoms with Crippen molar-refractivity contribution >= 4 is 5.95 Å². The van der Waals surface area contributed by atoms with Gasteiger partial charge in [-0.15, -0.1) is 0 Å². The van der Waals surface area contributed by atoms with Crippen LogP contribution in [0.1, 0.15) is 41.9 Å². The second-order valence-corrected chi connectivity index (χ2v) is 6.65. The van der Waals surface area contributed by atoms with E-state index in [-0.39, 0.29) is 17.6 Å². The van der Waals surface area contributed by atoms with Crippen molar-refractivity contribution in [1.29, 1.82) is 0 Å². The van der Waals surface area contributed by atoms with Crippen molar-refractivity contribution in [3.8, 4) is 0 Å². The van der Waals surface area contributed by atoms with Gasteiger partial charge in [0, 0.05) is 23.4 Å². The summed E-state index contributed by atoms with van der Waals surface area (Å²) in [6, 6.07) is 5.16. The number of ether oxygens (including phenoxy) is 1. The molecule has 3 heterocycles. The lowest BCUT2D eigenvalue weighted by atomic mass is 10.1. The number of nitrogens with one attached hydrogen (secondary N) is 1. The fourth-order valence-corrected chi connectivity index (χ4v) is 3.15. The molecule has 1 saturated carbocycles. The van der Waals surface area contributed by atoms with E-state index in [9.17, 15) is 4.79 Å².